The third-order valence-corrected chi connectivity index (χ3v) is 6.08. The van der Waals surface area contributed by atoms with Gasteiger partial charge < -0.3 is 10.3 Å². The Morgan fingerprint density at radius 2 is 2.26 bits per heavy atom. The van der Waals surface area contributed by atoms with Crippen LogP contribution >= 0.6 is 27.3 Å². The molecule has 6 nitrogen and oxygen atoms in total. The van der Waals surface area contributed by atoms with E-state index >= 15 is 0 Å². The summed E-state index contributed by atoms with van der Waals surface area (Å²) >= 11 is 4.86. The summed E-state index contributed by atoms with van der Waals surface area (Å²) in [5, 5.41) is 1.92. The summed E-state index contributed by atoms with van der Waals surface area (Å²) in [6.45, 7) is 0.287. The van der Waals surface area contributed by atoms with E-state index in [1.165, 1.54) is 33.6 Å². The zero-order valence-corrected chi connectivity index (χ0v) is 13.6. The van der Waals surface area contributed by atoms with Crippen LogP contribution in [0, 0.1) is 0 Å². The van der Waals surface area contributed by atoms with Gasteiger partial charge in [-0.05, 0) is 32.9 Å². The van der Waals surface area contributed by atoms with Gasteiger partial charge in [-0.3, -0.25) is 0 Å². The highest BCUT2D eigenvalue weighted by Gasteiger charge is 2.27. The van der Waals surface area contributed by atoms with E-state index in [2.05, 4.69) is 20.9 Å². The average Bonchev–Trinajstić information content (AvgIpc) is 2.85. The molecule has 0 aromatic carbocycles. The SMILES string of the molecule is CN(Cc1csc(Br)c1)S(=O)(=O)c1c(N)ncn1C. The average molecular weight is 365 g/mol. The second-order valence-electron chi connectivity index (χ2n) is 4.07. The number of sulfonamides is 1. The summed E-state index contributed by atoms with van der Waals surface area (Å²) in [5.41, 5.74) is 6.54. The second kappa shape index (κ2) is 5.23. The fraction of sp³-hybridized carbons (Fsp3) is 0.300. The van der Waals surface area contributed by atoms with Crippen LogP contribution in [-0.2, 0) is 23.6 Å². The lowest BCUT2D eigenvalue weighted by Gasteiger charge is -2.16. The minimum absolute atomic E-state index is 0.0147. The maximum atomic E-state index is 12.4. The monoisotopic (exact) mass is 364 g/mol. The molecule has 0 saturated heterocycles. The van der Waals surface area contributed by atoms with Gasteiger partial charge in [0.2, 0.25) is 0 Å². The molecule has 0 bridgehead atoms. The van der Waals surface area contributed by atoms with Gasteiger partial charge in [-0.15, -0.1) is 11.3 Å². The fourth-order valence-electron chi connectivity index (χ4n) is 1.67. The number of halogens is 1. The third kappa shape index (κ3) is 2.83. The van der Waals surface area contributed by atoms with Crippen LogP contribution in [-0.4, -0.2) is 29.3 Å². The van der Waals surface area contributed by atoms with Gasteiger partial charge >= 0.3 is 0 Å². The number of aromatic nitrogens is 2. The zero-order valence-electron chi connectivity index (χ0n) is 10.4. The lowest BCUT2D eigenvalue weighted by Crippen LogP contribution is -2.28. The van der Waals surface area contributed by atoms with Crippen molar-refractivity contribution >= 4 is 43.1 Å². The summed E-state index contributed by atoms with van der Waals surface area (Å²) in [7, 11) is -0.524. The molecule has 0 spiro atoms. The predicted molar refractivity (Wildman–Crippen MR) is 78.3 cm³/mol. The van der Waals surface area contributed by atoms with Gasteiger partial charge in [0.25, 0.3) is 10.0 Å². The summed E-state index contributed by atoms with van der Waals surface area (Å²) < 4.78 is 28.5. The van der Waals surface area contributed by atoms with Crippen LogP contribution in [0.4, 0.5) is 5.82 Å². The van der Waals surface area contributed by atoms with E-state index < -0.39 is 10.0 Å². The Bertz CT molecular complexity index is 673. The number of hydrogen-bond acceptors (Lipinski definition) is 5. The lowest BCUT2D eigenvalue weighted by molar-refractivity contribution is 0.461. The molecule has 0 radical (unpaired) electrons. The maximum Gasteiger partial charge on any atom is 0.262 e. The molecule has 9 heteroatoms. The van der Waals surface area contributed by atoms with Crippen molar-refractivity contribution in [2.45, 2.75) is 11.6 Å². The number of nitrogens with two attached hydrogens (primary N) is 1. The van der Waals surface area contributed by atoms with Gasteiger partial charge in [0.1, 0.15) is 0 Å². The molecule has 0 fully saturated rings. The predicted octanol–water partition coefficient (Wildman–Crippen LogP) is 1.65. The zero-order chi connectivity index (χ0) is 14.2. The molecule has 0 atom stereocenters. The highest BCUT2D eigenvalue weighted by atomic mass is 79.9. The Morgan fingerprint density at radius 3 is 2.74 bits per heavy atom. The van der Waals surface area contributed by atoms with Gasteiger partial charge in [0.15, 0.2) is 10.8 Å². The van der Waals surface area contributed by atoms with Crippen LogP contribution in [0.3, 0.4) is 0 Å². The first kappa shape index (κ1) is 14.5. The largest absolute Gasteiger partial charge is 0.381 e. The molecule has 2 N–H and O–H groups in total. The number of nitrogen functional groups attached to an aromatic ring is 1. The molecule has 2 aromatic rings. The van der Waals surface area contributed by atoms with Crippen LogP contribution in [0.25, 0.3) is 0 Å². The van der Waals surface area contributed by atoms with Crippen LogP contribution < -0.4 is 5.73 Å². The number of aryl methyl sites for hydroxylation is 1. The molecular formula is C10H13BrN4O2S2. The van der Waals surface area contributed by atoms with Crippen molar-refractivity contribution in [2.24, 2.45) is 7.05 Å². The molecule has 0 unspecified atom stereocenters. The Kier molecular flexibility index (Phi) is 4.00. The van der Waals surface area contributed by atoms with E-state index in [0.717, 1.165) is 9.35 Å². The number of thiophene rings is 1. The first-order valence-electron chi connectivity index (χ1n) is 5.28. The lowest BCUT2D eigenvalue weighted by atomic mass is 10.3. The van der Waals surface area contributed by atoms with Gasteiger partial charge in [-0.1, -0.05) is 0 Å². The van der Waals surface area contributed by atoms with Crippen molar-refractivity contribution in [3.63, 3.8) is 0 Å². The van der Waals surface area contributed by atoms with E-state index in [1.54, 1.807) is 7.05 Å². The molecule has 0 aliphatic rings. The van der Waals surface area contributed by atoms with Crippen LogP contribution in [0.5, 0.6) is 0 Å². The minimum Gasteiger partial charge on any atom is -0.381 e. The van der Waals surface area contributed by atoms with Gasteiger partial charge in [0.05, 0.1) is 10.1 Å². The molecule has 0 aliphatic heterocycles. The normalized spacial score (nSPS) is 12.2. The summed E-state index contributed by atoms with van der Waals surface area (Å²) in [6, 6.07) is 1.89. The summed E-state index contributed by atoms with van der Waals surface area (Å²) in [5.74, 6) is 0.0147. The minimum atomic E-state index is -3.65. The third-order valence-electron chi connectivity index (χ3n) is 2.59. The molecule has 0 amide bonds. The van der Waals surface area contributed by atoms with E-state index in [0.29, 0.717) is 0 Å². The first-order valence-corrected chi connectivity index (χ1v) is 8.39. The topological polar surface area (TPSA) is 81.2 Å². The van der Waals surface area contributed by atoms with Crippen LogP contribution in [0.1, 0.15) is 5.56 Å². The molecule has 2 aromatic heterocycles. The van der Waals surface area contributed by atoms with Crippen molar-refractivity contribution < 1.29 is 8.42 Å². The van der Waals surface area contributed by atoms with Crippen molar-refractivity contribution in [3.05, 3.63) is 27.1 Å². The smallest absolute Gasteiger partial charge is 0.262 e. The summed E-state index contributed by atoms with van der Waals surface area (Å²) in [4.78, 5) is 3.81. The highest BCUT2D eigenvalue weighted by Crippen LogP contribution is 2.25. The summed E-state index contributed by atoms with van der Waals surface area (Å²) in [6.07, 6.45) is 1.39. The molecule has 0 saturated carbocycles. The van der Waals surface area contributed by atoms with Crippen molar-refractivity contribution in [1.82, 2.24) is 13.9 Å². The standard InChI is InChI=1S/C10H13BrN4O2S2/c1-14-6-13-9(12)10(14)19(16,17)15(2)4-7-3-8(11)18-5-7/h3,5-6H,4,12H2,1-2H3. The molecule has 2 rings (SSSR count). The van der Waals surface area contributed by atoms with Gasteiger partial charge in [0, 0.05) is 20.6 Å². The van der Waals surface area contributed by atoms with Crippen LogP contribution in [0.2, 0.25) is 0 Å². The Balaban J connectivity index is 2.30. The van der Waals surface area contributed by atoms with E-state index in [4.69, 9.17) is 5.73 Å². The fourth-order valence-corrected chi connectivity index (χ4v) is 4.21. The number of anilines is 1. The van der Waals surface area contributed by atoms with Crippen LogP contribution in [0.15, 0.2) is 26.6 Å². The first-order chi connectivity index (χ1) is 8.82. The van der Waals surface area contributed by atoms with E-state index in [1.807, 2.05) is 11.4 Å². The van der Waals surface area contributed by atoms with Crippen molar-refractivity contribution in [3.8, 4) is 0 Å². The molecule has 104 valence electrons. The highest BCUT2D eigenvalue weighted by molar-refractivity contribution is 9.11. The molecule has 2 heterocycles. The van der Waals surface area contributed by atoms with E-state index in [-0.39, 0.29) is 17.4 Å². The van der Waals surface area contributed by atoms with Crippen molar-refractivity contribution in [1.29, 1.82) is 0 Å². The maximum absolute atomic E-state index is 12.4. The Hall–Kier alpha value is -0.900. The van der Waals surface area contributed by atoms with Crippen molar-refractivity contribution in [2.75, 3.05) is 12.8 Å². The van der Waals surface area contributed by atoms with Gasteiger partial charge in [-0.2, -0.15) is 4.31 Å². The second-order valence-corrected chi connectivity index (χ2v) is 8.32. The molecule has 19 heavy (non-hydrogen) atoms. The Morgan fingerprint density at radius 1 is 1.58 bits per heavy atom. The number of imidazole rings is 1. The number of nitrogens with zero attached hydrogens (tertiary/aromatic N) is 3. The van der Waals surface area contributed by atoms with Gasteiger partial charge in [-0.25, -0.2) is 13.4 Å². The van der Waals surface area contributed by atoms with E-state index in [9.17, 15) is 8.42 Å². The molecular weight excluding hydrogens is 352 g/mol. The number of rotatable bonds is 4. The number of hydrogen-bond donors (Lipinski definition) is 1. The molecule has 0 aliphatic carbocycles. The Labute approximate surface area is 124 Å². The quantitative estimate of drug-likeness (QED) is 0.893.